The van der Waals surface area contributed by atoms with Gasteiger partial charge in [-0.05, 0) is 13.3 Å². The second-order valence-electron chi connectivity index (χ2n) is 3.25. The third kappa shape index (κ3) is 3.14. The van der Waals surface area contributed by atoms with Crippen LogP contribution in [0.4, 0.5) is 0 Å². The molecule has 16 heavy (non-hydrogen) atoms. The summed E-state index contributed by atoms with van der Waals surface area (Å²) >= 11 is 6.55. The van der Waals surface area contributed by atoms with Crippen molar-refractivity contribution in [1.82, 2.24) is 9.71 Å². The zero-order valence-corrected chi connectivity index (χ0v) is 11.3. The second-order valence-corrected chi connectivity index (χ2v) is 6.74. The van der Waals surface area contributed by atoms with Crippen molar-refractivity contribution < 1.29 is 13.5 Å². The number of hydrogen-bond donors (Lipinski definition) is 2. The van der Waals surface area contributed by atoms with Gasteiger partial charge in [-0.3, -0.25) is 0 Å². The summed E-state index contributed by atoms with van der Waals surface area (Å²) < 4.78 is 26.5. The van der Waals surface area contributed by atoms with E-state index in [9.17, 15) is 8.42 Å². The molecule has 0 aliphatic rings. The van der Waals surface area contributed by atoms with E-state index in [0.29, 0.717) is 12.1 Å². The van der Waals surface area contributed by atoms with Gasteiger partial charge in [0.1, 0.15) is 0 Å². The van der Waals surface area contributed by atoms with Gasteiger partial charge in [-0.2, -0.15) is 0 Å². The van der Waals surface area contributed by atoms with Crippen LogP contribution in [0.1, 0.15) is 19.0 Å². The Labute approximate surface area is 104 Å². The number of aryl methyl sites for hydroxylation is 1. The molecular weight excluding hydrogens is 272 g/mol. The van der Waals surface area contributed by atoms with Crippen LogP contribution >= 0.6 is 22.9 Å². The Bertz CT molecular complexity index is 454. The predicted octanol–water partition coefficient (Wildman–Crippen LogP) is 1.15. The molecule has 0 fully saturated rings. The SMILES string of the molecule is CCC(CO)NS(=O)(=O)c1sc(Cl)nc1C. The first-order valence-corrected chi connectivity index (χ1v) is 7.34. The quantitative estimate of drug-likeness (QED) is 0.850. The molecule has 8 heteroatoms. The Kier molecular flexibility index (Phi) is 4.69. The fourth-order valence-corrected chi connectivity index (χ4v) is 4.19. The summed E-state index contributed by atoms with van der Waals surface area (Å²) in [4.78, 5) is 3.84. The molecule has 0 saturated carbocycles. The summed E-state index contributed by atoms with van der Waals surface area (Å²) in [7, 11) is -3.63. The summed E-state index contributed by atoms with van der Waals surface area (Å²) in [6, 6.07) is -0.481. The van der Waals surface area contributed by atoms with Crippen LogP contribution in [0.25, 0.3) is 0 Å². The molecule has 5 nitrogen and oxygen atoms in total. The highest BCUT2D eigenvalue weighted by atomic mass is 35.5. The van der Waals surface area contributed by atoms with Gasteiger partial charge in [0.25, 0.3) is 10.0 Å². The van der Waals surface area contributed by atoms with E-state index >= 15 is 0 Å². The molecule has 1 heterocycles. The van der Waals surface area contributed by atoms with Crippen molar-refractivity contribution in [3.63, 3.8) is 0 Å². The molecule has 0 amide bonds. The van der Waals surface area contributed by atoms with Gasteiger partial charge in [0.15, 0.2) is 8.68 Å². The lowest BCUT2D eigenvalue weighted by Crippen LogP contribution is -2.36. The largest absolute Gasteiger partial charge is 0.395 e. The van der Waals surface area contributed by atoms with Gasteiger partial charge in [-0.25, -0.2) is 18.1 Å². The molecule has 1 aromatic heterocycles. The van der Waals surface area contributed by atoms with Crippen molar-refractivity contribution in [2.75, 3.05) is 6.61 Å². The van der Waals surface area contributed by atoms with Crippen LogP contribution in [0.15, 0.2) is 4.21 Å². The Morgan fingerprint density at radius 3 is 2.62 bits per heavy atom. The minimum Gasteiger partial charge on any atom is -0.395 e. The molecule has 0 aromatic carbocycles. The number of nitrogens with zero attached hydrogens (tertiary/aromatic N) is 1. The fraction of sp³-hybridized carbons (Fsp3) is 0.625. The highest BCUT2D eigenvalue weighted by Crippen LogP contribution is 2.26. The number of aliphatic hydroxyl groups excluding tert-OH is 1. The van der Waals surface area contributed by atoms with Crippen LogP contribution in [0, 0.1) is 6.92 Å². The van der Waals surface area contributed by atoms with E-state index in [-0.39, 0.29) is 15.3 Å². The first-order valence-electron chi connectivity index (χ1n) is 4.66. The molecule has 0 saturated heterocycles. The number of halogens is 1. The minimum atomic E-state index is -3.63. The standard InChI is InChI=1S/C8H13ClN2O3S2/c1-3-6(4-12)11-16(13,14)7-5(2)10-8(9)15-7/h6,11-12H,3-4H2,1-2H3. The van der Waals surface area contributed by atoms with Crippen molar-refractivity contribution >= 4 is 33.0 Å². The molecule has 2 N–H and O–H groups in total. The summed E-state index contributed by atoms with van der Waals surface area (Å²) in [5, 5.41) is 8.95. The average Bonchev–Trinajstić information content (AvgIpc) is 2.55. The van der Waals surface area contributed by atoms with E-state index < -0.39 is 16.1 Å². The van der Waals surface area contributed by atoms with Gasteiger partial charge >= 0.3 is 0 Å². The molecule has 0 spiro atoms. The monoisotopic (exact) mass is 284 g/mol. The number of hydrogen-bond acceptors (Lipinski definition) is 5. The predicted molar refractivity (Wildman–Crippen MR) is 63.3 cm³/mol. The number of nitrogens with one attached hydrogen (secondary N) is 1. The van der Waals surface area contributed by atoms with Gasteiger partial charge < -0.3 is 5.11 Å². The number of rotatable bonds is 5. The lowest BCUT2D eigenvalue weighted by molar-refractivity contribution is 0.254. The Morgan fingerprint density at radius 1 is 1.62 bits per heavy atom. The summed E-state index contributed by atoms with van der Waals surface area (Å²) in [5.41, 5.74) is 0.371. The van der Waals surface area contributed by atoms with Gasteiger partial charge in [0.05, 0.1) is 12.3 Å². The van der Waals surface area contributed by atoms with Crippen LogP contribution in [0.2, 0.25) is 4.47 Å². The lowest BCUT2D eigenvalue weighted by Gasteiger charge is -2.13. The Hall–Kier alpha value is -0.210. The Morgan fingerprint density at radius 2 is 2.25 bits per heavy atom. The molecule has 0 aliphatic carbocycles. The third-order valence-corrected chi connectivity index (χ3v) is 5.40. The van der Waals surface area contributed by atoms with Crippen molar-refractivity contribution in [3.8, 4) is 0 Å². The zero-order chi connectivity index (χ0) is 12.3. The van der Waals surface area contributed by atoms with Gasteiger partial charge in [-0.15, -0.1) is 0 Å². The first kappa shape index (κ1) is 13.9. The van der Waals surface area contributed by atoms with E-state index in [0.717, 1.165) is 11.3 Å². The van der Waals surface area contributed by atoms with E-state index in [4.69, 9.17) is 16.7 Å². The molecule has 0 aliphatic heterocycles. The molecule has 1 aromatic rings. The van der Waals surface area contributed by atoms with Crippen LogP contribution in [0.5, 0.6) is 0 Å². The van der Waals surface area contributed by atoms with E-state index in [2.05, 4.69) is 9.71 Å². The maximum atomic E-state index is 11.9. The van der Waals surface area contributed by atoms with Crippen LogP contribution < -0.4 is 4.72 Å². The van der Waals surface area contributed by atoms with E-state index in [1.54, 1.807) is 13.8 Å². The van der Waals surface area contributed by atoms with Crippen molar-refractivity contribution in [2.24, 2.45) is 0 Å². The average molecular weight is 285 g/mol. The third-order valence-electron chi connectivity index (χ3n) is 2.01. The lowest BCUT2D eigenvalue weighted by atomic mass is 10.3. The maximum absolute atomic E-state index is 11.9. The van der Waals surface area contributed by atoms with E-state index in [1.165, 1.54) is 0 Å². The van der Waals surface area contributed by atoms with Gasteiger partial charge in [0.2, 0.25) is 0 Å². The van der Waals surface area contributed by atoms with Crippen molar-refractivity contribution in [3.05, 3.63) is 10.2 Å². The van der Waals surface area contributed by atoms with Crippen LogP contribution in [-0.2, 0) is 10.0 Å². The number of thiazole rings is 1. The van der Waals surface area contributed by atoms with Crippen LogP contribution in [0.3, 0.4) is 0 Å². The smallest absolute Gasteiger partial charge is 0.252 e. The molecule has 0 bridgehead atoms. The molecule has 1 rings (SSSR count). The summed E-state index contributed by atoms with van der Waals surface area (Å²) in [6.07, 6.45) is 0.515. The van der Waals surface area contributed by atoms with Gasteiger partial charge in [0, 0.05) is 6.04 Å². The number of aromatic nitrogens is 1. The van der Waals surface area contributed by atoms with Crippen molar-refractivity contribution in [2.45, 2.75) is 30.5 Å². The molecule has 1 atom stereocenters. The molecule has 1 unspecified atom stereocenters. The molecular formula is C8H13ClN2O3S2. The number of sulfonamides is 1. The molecule has 92 valence electrons. The highest BCUT2D eigenvalue weighted by molar-refractivity contribution is 7.91. The second kappa shape index (κ2) is 5.42. The van der Waals surface area contributed by atoms with Crippen LogP contribution in [-0.4, -0.2) is 31.2 Å². The summed E-state index contributed by atoms with van der Waals surface area (Å²) in [6.45, 7) is 3.13. The normalized spacial score (nSPS) is 14.0. The zero-order valence-electron chi connectivity index (χ0n) is 8.90. The first-order chi connectivity index (χ1) is 7.40. The fourth-order valence-electron chi connectivity index (χ4n) is 1.12. The topological polar surface area (TPSA) is 79.3 Å². The Balaban J connectivity index is 2.98. The van der Waals surface area contributed by atoms with E-state index in [1.807, 2.05) is 0 Å². The van der Waals surface area contributed by atoms with Crippen molar-refractivity contribution in [1.29, 1.82) is 0 Å². The van der Waals surface area contributed by atoms with Gasteiger partial charge in [-0.1, -0.05) is 29.9 Å². The number of aliphatic hydroxyl groups is 1. The maximum Gasteiger partial charge on any atom is 0.252 e. The molecule has 0 radical (unpaired) electrons. The summed E-state index contributed by atoms with van der Waals surface area (Å²) in [5.74, 6) is 0. The minimum absolute atomic E-state index is 0.101. The highest BCUT2D eigenvalue weighted by Gasteiger charge is 2.23.